The molecule has 3 fully saturated rings. The Morgan fingerprint density at radius 2 is 1.58 bits per heavy atom. The van der Waals surface area contributed by atoms with Crippen molar-refractivity contribution in [1.82, 2.24) is 4.98 Å². The van der Waals surface area contributed by atoms with Crippen LogP contribution in [0.2, 0.25) is 0 Å². The van der Waals surface area contributed by atoms with Crippen LogP contribution in [0.25, 0.3) is 0 Å². The number of hydrogen-bond donors (Lipinski definition) is 1. The van der Waals surface area contributed by atoms with Crippen LogP contribution in [0.5, 0.6) is 0 Å². The largest absolute Gasteiger partial charge is 0.424 e. The second-order valence-electron chi connectivity index (χ2n) is 11.7. The minimum atomic E-state index is -4.54. The quantitative estimate of drug-likeness (QED) is 0.430. The summed E-state index contributed by atoms with van der Waals surface area (Å²) in [7, 11) is 0. The monoisotopic (exact) mass is 499 g/mol. The maximum absolute atomic E-state index is 16.6. The summed E-state index contributed by atoms with van der Waals surface area (Å²) < 4.78 is 56.0. The number of aliphatic hydroxyl groups is 1. The Morgan fingerprint density at radius 3 is 2.19 bits per heavy atom. The predicted octanol–water partition coefficient (Wildman–Crippen LogP) is 8.22. The Morgan fingerprint density at radius 1 is 0.917 bits per heavy atom. The van der Waals surface area contributed by atoms with Gasteiger partial charge in [0, 0.05) is 28.3 Å². The van der Waals surface area contributed by atoms with Crippen molar-refractivity contribution in [3.63, 3.8) is 0 Å². The van der Waals surface area contributed by atoms with Crippen LogP contribution in [0.1, 0.15) is 140 Å². The summed E-state index contributed by atoms with van der Waals surface area (Å²) in [5.74, 6) is 0.295. The molecule has 3 saturated carbocycles. The third-order valence-electron chi connectivity index (χ3n) is 9.24. The van der Waals surface area contributed by atoms with Gasteiger partial charge in [-0.2, -0.15) is 13.2 Å². The van der Waals surface area contributed by atoms with Crippen LogP contribution in [0.3, 0.4) is 0 Å². The van der Waals surface area contributed by atoms with Gasteiger partial charge in [0.25, 0.3) is 0 Å². The molecule has 6 rings (SSSR count). The summed E-state index contributed by atoms with van der Waals surface area (Å²) in [5, 5.41) is 11.4. The number of rotatable bonds is 4. The van der Waals surface area contributed by atoms with Gasteiger partial charge in [0.05, 0.1) is 11.8 Å². The van der Waals surface area contributed by atoms with E-state index in [4.69, 9.17) is 4.98 Å². The molecule has 4 aliphatic carbocycles. The number of aromatic nitrogens is 1. The van der Waals surface area contributed by atoms with Crippen molar-refractivity contribution in [2.24, 2.45) is 5.41 Å². The SMILES string of the molecule is O[C@H]1CC2(CC2)Cc2nc(C3CCCC3)c([C@@H](F)c3c#cc(C(F)(F)F)cc3)c(C3CCCCC3)c21. The van der Waals surface area contributed by atoms with Crippen molar-refractivity contribution in [1.29, 1.82) is 0 Å². The number of pyridine rings is 1. The number of nitrogens with zero attached hydrogens (tertiary/aromatic N) is 1. The second kappa shape index (κ2) is 9.01. The molecule has 6 heteroatoms. The molecular formula is C30H33F4NO. The topological polar surface area (TPSA) is 33.1 Å². The molecule has 1 N–H and O–H groups in total. The summed E-state index contributed by atoms with van der Waals surface area (Å²) in [6, 6.07) is 6.73. The molecule has 4 aliphatic rings. The zero-order valence-electron chi connectivity index (χ0n) is 20.6. The van der Waals surface area contributed by atoms with Gasteiger partial charge in [0.2, 0.25) is 0 Å². The molecule has 36 heavy (non-hydrogen) atoms. The number of hydrogen-bond acceptors (Lipinski definition) is 2. The highest BCUT2D eigenvalue weighted by Gasteiger charge is 2.50. The average Bonchev–Trinajstić information content (AvgIpc) is 3.37. The predicted molar refractivity (Wildman–Crippen MR) is 128 cm³/mol. The fourth-order valence-electron chi connectivity index (χ4n) is 7.18. The molecule has 0 unspecified atom stereocenters. The highest BCUT2D eigenvalue weighted by Crippen LogP contribution is 2.59. The number of fused-ring (bicyclic) bond motifs is 1. The van der Waals surface area contributed by atoms with Crippen molar-refractivity contribution in [2.45, 2.75) is 114 Å². The third kappa shape index (κ3) is 4.32. The summed E-state index contributed by atoms with van der Waals surface area (Å²) in [5.41, 5.74) is 3.26. The molecule has 1 aromatic carbocycles. The summed E-state index contributed by atoms with van der Waals surface area (Å²) in [6.45, 7) is 0. The van der Waals surface area contributed by atoms with E-state index >= 15 is 4.39 Å². The van der Waals surface area contributed by atoms with Gasteiger partial charge in [-0.15, -0.1) is 0 Å². The van der Waals surface area contributed by atoms with Crippen LogP contribution < -0.4 is 0 Å². The smallest absolute Gasteiger partial charge is 0.388 e. The van der Waals surface area contributed by atoms with Crippen LogP contribution in [-0.2, 0) is 12.6 Å². The molecule has 1 spiro atoms. The molecule has 2 atom stereocenters. The van der Waals surface area contributed by atoms with Crippen molar-refractivity contribution < 1.29 is 22.7 Å². The first-order chi connectivity index (χ1) is 17.3. The van der Waals surface area contributed by atoms with Gasteiger partial charge in [-0.1, -0.05) is 44.2 Å². The van der Waals surface area contributed by atoms with Gasteiger partial charge in [0.1, 0.15) is 5.56 Å². The molecule has 0 bridgehead atoms. The molecule has 1 heterocycles. The van der Waals surface area contributed by atoms with Gasteiger partial charge < -0.3 is 5.11 Å². The van der Waals surface area contributed by atoms with Gasteiger partial charge in [-0.3, -0.25) is 4.98 Å². The van der Waals surface area contributed by atoms with E-state index in [1.807, 2.05) is 0 Å². The first-order valence-corrected chi connectivity index (χ1v) is 13.7. The van der Waals surface area contributed by atoms with Crippen LogP contribution in [0, 0.1) is 17.5 Å². The average molecular weight is 500 g/mol. The van der Waals surface area contributed by atoms with Gasteiger partial charge in [-0.05, 0) is 80.4 Å². The molecule has 0 radical (unpaired) electrons. The van der Waals surface area contributed by atoms with Crippen LogP contribution in [0.4, 0.5) is 17.6 Å². The number of halogens is 4. The van der Waals surface area contributed by atoms with Crippen molar-refractivity contribution in [2.75, 3.05) is 0 Å². The highest BCUT2D eigenvalue weighted by atomic mass is 19.4. The maximum atomic E-state index is 16.6. The lowest BCUT2D eigenvalue weighted by Crippen LogP contribution is -2.27. The Bertz CT molecular complexity index is 1110. The van der Waals surface area contributed by atoms with Crippen LogP contribution in [0.15, 0.2) is 12.1 Å². The molecular weight excluding hydrogens is 466 g/mol. The summed E-state index contributed by atoms with van der Waals surface area (Å²) in [4.78, 5) is 5.14. The minimum absolute atomic E-state index is 0.0602. The van der Waals surface area contributed by atoms with E-state index in [-0.39, 0.29) is 22.8 Å². The standard InChI is InChI=1S/C30H33F4NO/c31-27(19-10-12-21(13-11-19)30(32,33)34)26-24(18-6-2-1-3-7-18)25-22(16-29(14-15-29)17-23(25)36)35-28(26)20-8-4-5-9-20/h10,12,18,20,23,27,36H,1-9,14-17H2/t23-,27-/m0/s1. The van der Waals surface area contributed by atoms with Crippen molar-refractivity contribution in [3.05, 3.63) is 63.5 Å². The van der Waals surface area contributed by atoms with Gasteiger partial charge in [0.15, 0.2) is 6.17 Å². The van der Waals surface area contributed by atoms with Crippen molar-refractivity contribution in [3.8, 4) is 0 Å². The lowest BCUT2D eigenvalue weighted by molar-refractivity contribution is -0.137. The zero-order chi connectivity index (χ0) is 25.1. The third-order valence-corrected chi connectivity index (χ3v) is 9.24. The first-order valence-electron chi connectivity index (χ1n) is 13.7. The lowest BCUT2D eigenvalue weighted by atomic mass is 9.71. The van der Waals surface area contributed by atoms with Crippen LogP contribution >= 0.6 is 0 Å². The van der Waals surface area contributed by atoms with E-state index in [2.05, 4.69) is 12.1 Å². The first kappa shape index (κ1) is 24.2. The zero-order valence-corrected chi connectivity index (χ0v) is 20.6. The van der Waals surface area contributed by atoms with E-state index in [0.717, 1.165) is 106 Å². The molecule has 2 aromatic rings. The lowest BCUT2D eigenvalue weighted by Gasteiger charge is -2.37. The highest BCUT2D eigenvalue weighted by molar-refractivity contribution is 5.51. The molecule has 0 aliphatic heterocycles. The number of aliphatic hydroxyl groups excluding tert-OH is 1. The van der Waals surface area contributed by atoms with E-state index < -0.39 is 24.0 Å². The Kier molecular flexibility index (Phi) is 6.06. The van der Waals surface area contributed by atoms with Gasteiger partial charge >= 0.3 is 6.18 Å². The molecule has 192 valence electrons. The minimum Gasteiger partial charge on any atom is -0.388 e. The summed E-state index contributed by atoms with van der Waals surface area (Å²) >= 11 is 0. The maximum Gasteiger partial charge on any atom is 0.424 e. The molecule has 0 amide bonds. The molecule has 0 saturated heterocycles. The Labute approximate surface area is 210 Å². The normalized spacial score (nSPS) is 25.0. The van der Waals surface area contributed by atoms with E-state index in [1.165, 1.54) is 6.07 Å². The fourth-order valence-corrected chi connectivity index (χ4v) is 7.18. The van der Waals surface area contributed by atoms with Gasteiger partial charge in [-0.25, -0.2) is 4.39 Å². The van der Waals surface area contributed by atoms with E-state index in [0.29, 0.717) is 12.0 Å². The molecule has 2 nitrogen and oxygen atoms in total. The van der Waals surface area contributed by atoms with Crippen molar-refractivity contribution >= 4 is 0 Å². The van der Waals surface area contributed by atoms with Crippen LogP contribution in [-0.4, -0.2) is 10.1 Å². The second-order valence-corrected chi connectivity index (χ2v) is 11.7. The Hall–Kier alpha value is -2.13. The Balaban J connectivity index is 1.53. The van der Waals surface area contributed by atoms with E-state index in [1.54, 1.807) is 0 Å². The van der Waals surface area contributed by atoms with E-state index in [9.17, 15) is 18.3 Å². The molecule has 1 aromatic heterocycles. The summed E-state index contributed by atoms with van der Waals surface area (Å²) in [6.07, 6.45) is 6.13. The number of alkyl halides is 4. The fraction of sp³-hybridized carbons (Fsp3) is 0.633.